The smallest absolute Gasteiger partial charge is 0.264 e. The van der Waals surface area contributed by atoms with E-state index in [-0.39, 0.29) is 17.2 Å². The molecule has 1 aliphatic rings. The van der Waals surface area contributed by atoms with Crippen LogP contribution < -0.4 is 0 Å². The normalized spacial score (nSPS) is 16.2. The minimum Gasteiger partial charge on any atom is -0.349 e. The quantitative estimate of drug-likeness (QED) is 0.507. The van der Waals surface area contributed by atoms with E-state index >= 15 is 0 Å². The average Bonchev–Trinajstić information content (AvgIpc) is 2.91. The molecule has 0 bridgehead atoms. The molecule has 28 heavy (non-hydrogen) atoms. The number of hydrogen-bond acceptors (Lipinski definition) is 5. The minimum absolute atomic E-state index is 0.123. The molecule has 1 fully saturated rings. The van der Waals surface area contributed by atoms with Crippen molar-refractivity contribution >= 4 is 21.8 Å². The highest BCUT2D eigenvalue weighted by Gasteiger charge is 2.24. The van der Waals surface area contributed by atoms with Crippen LogP contribution in [0.25, 0.3) is 6.08 Å². The Hall–Kier alpha value is -2.11. The van der Waals surface area contributed by atoms with Gasteiger partial charge in [-0.25, -0.2) is 8.42 Å². The van der Waals surface area contributed by atoms with Gasteiger partial charge in [-0.15, -0.1) is 0 Å². The van der Waals surface area contributed by atoms with Gasteiger partial charge in [0, 0.05) is 56.9 Å². The van der Waals surface area contributed by atoms with Crippen LogP contribution in [0, 0.1) is 25.2 Å². The molecule has 2 rings (SSSR count). The molecule has 7 nitrogen and oxygen atoms in total. The van der Waals surface area contributed by atoms with Gasteiger partial charge in [-0.1, -0.05) is 6.92 Å². The van der Waals surface area contributed by atoms with E-state index < -0.39 is 9.84 Å². The van der Waals surface area contributed by atoms with Crippen molar-refractivity contribution < 1.29 is 13.2 Å². The zero-order chi connectivity index (χ0) is 20.9. The molecule has 154 valence electrons. The molecule has 0 N–H and O–H groups in total. The Morgan fingerprint density at radius 2 is 1.86 bits per heavy atom. The molecule has 1 aliphatic heterocycles. The van der Waals surface area contributed by atoms with Gasteiger partial charge in [0.15, 0.2) is 0 Å². The van der Waals surface area contributed by atoms with E-state index in [1.807, 2.05) is 24.8 Å². The van der Waals surface area contributed by atoms with Gasteiger partial charge in [-0.05, 0) is 38.0 Å². The SMILES string of the molecule is CCCn1c(C)cc(/C=C(/C#N)C(=O)N2CCN(CCS(C)(=O)=O)CC2)c1C. The Bertz CT molecular complexity index is 885. The maximum absolute atomic E-state index is 12.8. The molecule has 2 heterocycles. The summed E-state index contributed by atoms with van der Waals surface area (Å²) in [4.78, 5) is 16.5. The highest BCUT2D eigenvalue weighted by atomic mass is 32.2. The zero-order valence-corrected chi connectivity index (χ0v) is 18.0. The number of hydrogen-bond donors (Lipinski definition) is 0. The summed E-state index contributed by atoms with van der Waals surface area (Å²) < 4.78 is 24.8. The molecule has 0 aromatic carbocycles. The van der Waals surface area contributed by atoms with Crippen molar-refractivity contribution in [1.82, 2.24) is 14.4 Å². The first-order valence-corrected chi connectivity index (χ1v) is 11.7. The van der Waals surface area contributed by atoms with Gasteiger partial charge in [-0.2, -0.15) is 5.26 Å². The molecule has 0 saturated carbocycles. The van der Waals surface area contributed by atoms with Gasteiger partial charge >= 0.3 is 0 Å². The van der Waals surface area contributed by atoms with Crippen LogP contribution in [-0.4, -0.2) is 73.4 Å². The van der Waals surface area contributed by atoms with Crippen LogP contribution >= 0.6 is 0 Å². The van der Waals surface area contributed by atoms with Gasteiger partial charge in [0.1, 0.15) is 21.5 Å². The lowest BCUT2D eigenvalue weighted by molar-refractivity contribution is -0.128. The number of carbonyl (C=O) groups excluding carboxylic acids is 1. The van der Waals surface area contributed by atoms with Crippen molar-refractivity contribution in [3.05, 3.63) is 28.6 Å². The first-order valence-electron chi connectivity index (χ1n) is 9.64. The van der Waals surface area contributed by atoms with Gasteiger partial charge in [0.2, 0.25) is 0 Å². The van der Waals surface area contributed by atoms with Crippen LogP contribution in [0.5, 0.6) is 0 Å². The van der Waals surface area contributed by atoms with Gasteiger partial charge in [-0.3, -0.25) is 9.69 Å². The summed E-state index contributed by atoms with van der Waals surface area (Å²) >= 11 is 0. The summed E-state index contributed by atoms with van der Waals surface area (Å²) in [6.07, 6.45) is 3.94. The first kappa shape index (κ1) is 22.2. The van der Waals surface area contributed by atoms with Gasteiger partial charge < -0.3 is 9.47 Å². The molecule has 0 radical (unpaired) electrons. The monoisotopic (exact) mass is 406 g/mol. The lowest BCUT2D eigenvalue weighted by Gasteiger charge is -2.34. The standard InChI is InChI=1S/C20H30N4O3S/c1-5-6-24-16(2)13-18(17(24)3)14-19(15-21)20(25)23-9-7-22(8-10-23)11-12-28(4,26)27/h13-14H,5-12H2,1-4H3/b19-14-. The Morgan fingerprint density at radius 1 is 1.21 bits per heavy atom. The van der Waals surface area contributed by atoms with Crippen LogP contribution in [0.3, 0.4) is 0 Å². The molecule has 1 aromatic heterocycles. The van der Waals surface area contributed by atoms with E-state index in [0.29, 0.717) is 32.7 Å². The van der Waals surface area contributed by atoms with Crippen molar-refractivity contribution in [2.24, 2.45) is 0 Å². The third-order valence-corrected chi connectivity index (χ3v) is 6.07. The number of rotatable bonds is 7. The topological polar surface area (TPSA) is 86.4 Å². The fraction of sp³-hybridized carbons (Fsp3) is 0.600. The third-order valence-electron chi connectivity index (χ3n) is 5.15. The van der Waals surface area contributed by atoms with E-state index in [2.05, 4.69) is 17.6 Å². The molecule has 8 heteroatoms. The maximum Gasteiger partial charge on any atom is 0.264 e. The Labute approximate surface area is 168 Å². The average molecular weight is 407 g/mol. The summed E-state index contributed by atoms with van der Waals surface area (Å²) in [5.74, 6) is -0.136. The Kier molecular flexibility index (Phi) is 7.44. The number of sulfone groups is 1. The number of amides is 1. The van der Waals surface area contributed by atoms with E-state index in [9.17, 15) is 18.5 Å². The van der Waals surface area contributed by atoms with Crippen molar-refractivity contribution in [3.63, 3.8) is 0 Å². The summed E-state index contributed by atoms with van der Waals surface area (Å²) in [6.45, 7) is 9.78. The molecule has 0 aliphatic carbocycles. The molecule has 1 aromatic rings. The molecule has 1 amide bonds. The third kappa shape index (κ3) is 5.69. The van der Waals surface area contributed by atoms with Gasteiger partial charge in [0.05, 0.1) is 5.75 Å². The number of aromatic nitrogens is 1. The van der Waals surface area contributed by atoms with E-state index in [0.717, 1.165) is 29.9 Å². The molecule has 1 saturated heterocycles. The number of nitrogens with zero attached hydrogens (tertiary/aromatic N) is 4. The molecule has 0 spiro atoms. The lowest BCUT2D eigenvalue weighted by Crippen LogP contribution is -2.49. The van der Waals surface area contributed by atoms with Crippen molar-refractivity contribution in [2.45, 2.75) is 33.7 Å². The molecular formula is C20H30N4O3S. The minimum atomic E-state index is -2.99. The lowest BCUT2D eigenvalue weighted by atomic mass is 10.1. The largest absolute Gasteiger partial charge is 0.349 e. The van der Waals surface area contributed by atoms with E-state index in [4.69, 9.17) is 0 Å². The van der Waals surface area contributed by atoms with Crippen molar-refractivity contribution in [2.75, 3.05) is 44.7 Å². The number of carbonyl (C=O) groups is 1. The molecule has 0 atom stereocenters. The highest BCUT2D eigenvalue weighted by Crippen LogP contribution is 2.20. The summed E-state index contributed by atoms with van der Waals surface area (Å²) in [5.41, 5.74) is 3.23. The second-order valence-corrected chi connectivity index (χ2v) is 9.67. The Balaban J connectivity index is 2.06. The van der Waals surface area contributed by atoms with Crippen LogP contribution in [0.15, 0.2) is 11.6 Å². The Morgan fingerprint density at radius 3 is 2.39 bits per heavy atom. The first-order chi connectivity index (χ1) is 13.2. The highest BCUT2D eigenvalue weighted by molar-refractivity contribution is 7.90. The summed E-state index contributed by atoms with van der Waals surface area (Å²) in [5, 5.41) is 9.53. The van der Waals surface area contributed by atoms with Crippen LogP contribution in [-0.2, 0) is 21.2 Å². The number of piperazine rings is 1. The fourth-order valence-corrected chi connectivity index (χ4v) is 4.07. The van der Waals surface area contributed by atoms with Crippen LogP contribution in [0.1, 0.15) is 30.3 Å². The summed E-state index contributed by atoms with van der Waals surface area (Å²) in [7, 11) is -2.99. The van der Waals surface area contributed by atoms with E-state index in [1.54, 1.807) is 11.0 Å². The molecular weight excluding hydrogens is 376 g/mol. The second kappa shape index (κ2) is 9.39. The van der Waals surface area contributed by atoms with E-state index in [1.165, 1.54) is 6.26 Å². The maximum atomic E-state index is 12.8. The zero-order valence-electron chi connectivity index (χ0n) is 17.2. The fourth-order valence-electron chi connectivity index (χ4n) is 3.48. The summed E-state index contributed by atoms with van der Waals surface area (Å²) in [6, 6.07) is 4.07. The van der Waals surface area contributed by atoms with Crippen molar-refractivity contribution in [1.29, 1.82) is 5.26 Å². The number of nitriles is 1. The second-order valence-electron chi connectivity index (χ2n) is 7.41. The van der Waals surface area contributed by atoms with Gasteiger partial charge in [0.25, 0.3) is 5.91 Å². The predicted molar refractivity (Wildman–Crippen MR) is 111 cm³/mol. The van der Waals surface area contributed by atoms with Crippen molar-refractivity contribution in [3.8, 4) is 6.07 Å². The van der Waals surface area contributed by atoms with Crippen LogP contribution in [0.2, 0.25) is 0 Å². The van der Waals surface area contributed by atoms with Crippen LogP contribution in [0.4, 0.5) is 0 Å². The molecule has 0 unspecified atom stereocenters. The predicted octanol–water partition coefficient (Wildman–Crippen LogP) is 1.61. The number of aryl methyl sites for hydroxylation is 1.